The quantitative estimate of drug-likeness (QED) is 0.791. The van der Waals surface area contributed by atoms with E-state index in [4.69, 9.17) is 4.74 Å². The van der Waals surface area contributed by atoms with Crippen molar-refractivity contribution in [2.24, 2.45) is 5.92 Å². The monoisotopic (exact) mass is 333 g/mol. The minimum atomic E-state index is -0.152. The van der Waals surface area contributed by atoms with Gasteiger partial charge in [-0.15, -0.1) is 0 Å². The molecule has 0 aliphatic heterocycles. The second-order valence-corrected chi connectivity index (χ2v) is 6.30. The molecule has 4 rings (SSSR count). The van der Waals surface area contributed by atoms with Crippen molar-refractivity contribution in [3.8, 4) is 5.75 Å². The number of ether oxygens (including phenoxy) is 1. The van der Waals surface area contributed by atoms with Gasteiger partial charge in [0.05, 0.1) is 13.7 Å². The third kappa shape index (κ3) is 2.89. The molecule has 1 N–H and O–H groups in total. The molecule has 0 saturated carbocycles. The third-order valence-corrected chi connectivity index (χ3v) is 4.42. The molecule has 1 aliphatic carbocycles. The number of aromatic nitrogens is 3. The van der Waals surface area contributed by atoms with E-state index in [1.54, 1.807) is 7.11 Å². The zero-order valence-corrected chi connectivity index (χ0v) is 14.2. The molecule has 126 valence electrons. The van der Waals surface area contributed by atoms with Crippen molar-refractivity contribution in [1.82, 2.24) is 14.8 Å². The van der Waals surface area contributed by atoms with Crippen LogP contribution in [-0.4, -0.2) is 21.9 Å². The van der Waals surface area contributed by atoms with Crippen LogP contribution in [0.1, 0.15) is 12.5 Å². The number of allylic oxidation sites excluding steroid dienone is 2. The van der Waals surface area contributed by atoms with Gasteiger partial charge in [-0.25, -0.2) is 0 Å². The maximum absolute atomic E-state index is 12.4. The van der Waals surface area contributed by atoms with E-state index < -0.39 is 0 Å². The minimum absolute atomic E-state index is 0.152. The normalized spacial score (nSPS) is 16.0. The summed E-state index contributed by atoms with van der Waals surface area (Å²) >= 11 is 0. The van der Waals surface area contributed by atoms with Crippen LogP contribution in [0.25, 0.3) is 23.1 Å². The Bertz CT molecular complexity index is 1130. The Morgan fingerprint density at radius 2 is 2.08 bits per heavy atom. The van der Waals surface area contributed by atoms with Gasteiger partial charge in [-0.2, -0.15) is 5.10 Å². The summed E-state index contributed by atoms with van der Waals surface area (Å²) in [5.74, 6) is 1.10. The molecular weight excluding hydrogens is 314 g/mol. The molecule has 2 heterocycles. The smallest absolute Gasteiger partial charge is 0.276 e. The van der Waals surface area contributed by atoms with Gasteiger partial charge >= 0.3 is 0 Å². The van der Waals surface area contributed by atoms with Gasteiger partial charge in [0.25, 0.3) is 5.56 Å². The number of nitrogens with zero attached hydrogens (tertiary/aromatic N) is 2. The van der Waals surface area contributed by atoms with Crippen LogP contribution in [0, 0.1) is 5.92 Å². The summed E-state index contributed by atoms with van der Waals surface area (Å²) in [7, 11) is 1.65. The molecule has 0 spiro atoms. The van der Waals surface area contributed by atoms with E-state index in [9.17, 15) is 4.79 Å². The Kier molecular flexibility index (Phi) is 3.76. The molecule has 1 atom stereocenters. The molecule has 0 bridgehead atoms. The fourth-order valence-electron chi connectivity index (χ4n) is 3.14. The van der Waals surface area contributed by atoms with Crippen molar-refractivity contribution in [3.63, 3.8) is 0 Å². The highest BCUT2D eigenvalue weighted by atomic mass is 16.5. The Morgan fingerprint density at radius 3 is 2.84 bits per heavy atom. The molecule has 1 aliphatic rings. The second-order valence-electron chi connectivity index (χ2n) is 6.30. The first kappa shape index (κ1) is 15.4. The first-order valence-electron chi connectivity index (χ1n) is 8.27. The lowest BCUT2D eigenvalue weighted by molar-refractivity contribution is 0.414. The van der Waals surface area contributed by atoms with Crippen LogP contribution in [0.3, 0.4) is 0 Å². The highest BCUT2D eigenvalue weighted by molar-refractivity contribution is 5.79. The highest BCUT2D eigenvalue weighted by Crippen LogP contribution is 2.13. The summed E-state index contributed by atoms with van der Waals surface area (Å²) in [6.07, 6.45) is 10.2. The van der Waals surface area contributed by atoms with Crippen LogP contribution >= 0.6 is 0 Å². The van der Waals surface area contributed by atoms with Gasteiger partial charge in [0.1, 0.15) is 5.75 Å². The standard InChI is InChI=1S/C20H19N3O2/c1-13-4-3-5-16-17-12-23(11-14-6-8-15(25-2)9-7-14)22-19(17)20(24)21-18(16)10-13/h3-10,12-13H,11H2,1-2H3,(H,21,24). The lowest BCUT2D eigenvalue weighted by atomic mass is 10.1. The number of fused-ring (bicyclic) bond motifs is 3. The summed E-state index contributed by atoms with van der Waals surface area (Å²) in [5.41, 5.74) is 1.42. The number of H-pyrrole nitrogens is 1. The zero-order valence-electron chi connectivity index (χ0n) is 14.2. The summed E-state index contributed by atoms with van der Waals surface area (Å²) in [5, 5.41) is 7.24. The van der Waals surface area contributed by atoms with Crippen LogP contribution in [0.2, 0.25) is 0 Å². The molecule has 0 fully saturated rings. The molecule has 25 heavy (non-hydrogen) atoms. The molecular formula is C20H19N3O2. The van der Waals surface area contributed by atoms with Crippen LogP contribution in [0.5, 0.6) is 5.75 Å². The third-order valence-electron chi connectivity index (χ3n) is 4.42. The van der Waals surface area contributed by atoms with Crippen LogP contribution in [0.4, 0.5) is 0 Å². The number of methoxy groups -OCH3 is 1. The molecule has 5 heteroatoms. The Labute approximate surface area is 144 Å². The summed E-state index contributed by atoms with van der Waals surface area (Å²) in [6, 6.07) is 7.85. The number of pyridine rings is 1. The second kappa shape index (κ2) is 6.09. The number of aromatic amines is 1. The van der Waals surface area contributed by atoms with Gasteiger partial charge in [-0.05, 0) is 23.6 Å². The number of hydrogen-bond acceptors (Lipinski definition) is 3. The zero-order chi connectivity index (χ0) is 17.4. The number of hydrogen-bond donors (Lipinski definition) is 1. The first-order valence-corrected chi connectivity index (χ1v) is 8.27. The van der Waals surface area contributed by atoms with E-state index in [2.05, 4.69) is 29.2 Å². The highest BCUT2D eigenvalue weighted by Gasteiger charge is 2.09. The van der Waals surface area contributed by atoms with E-state index in [1.165, 1.54) is 0 Å². The van der Waals surface area contributed by atoms with Crippen LogP contribution < -0.4 is 20.9 Å². The fraction of sp³-hybridized carbons (Fsp3) is 0.200. The van der Waals surface area contributed by atoms with Crippen LogP contribution in [-0.2, 0) is 6.54 Å². The first-order chi connectivity index (χ1) is 12.1. The van der Waals surface area contributed by atoms with Crippen molar-refractivity contribution in [2.75, 3.05) is 7.11 Å². The van der Waals surface area contributed by atoms with Crippen molar-refractivity contribution >= 4 is 23.1 Å². The average molecular weight is 333 g/mol. The van der Waals surface area contributed by atoms with E-state index in [0.717, 1.165) is 27.3 Å². The van der Waals surface area contributed by atoms with E-state index >= 15 is 0 Å². The lowest BCUT2D eigenvalue weighted by Crippen LogP contribution is -2.34. The molecule has 0 amide bonds. The van der Waals surface area contributed by atoms with E-state index in [-0.39, 0.29) is 11.5 Å². The van der Waals surface area contributed by atoms with Crippen molar-refractivity contribution in [3.05, 3.63) is 69.1 Å². The van der Waals surface area contributed by atoms with Gasteiger partial charge in [-0.3, -0.25) is 9.48 Å². The molecule has 0 saturated heterocycles. The molecule has 1 unspecified atom stereocenters. The Balaban J connectivity index is 1.83. The molecule has 2 aromatic heterocycles. The summed E-state index contributed by atoms with van der Waals surface area (Å²) < 4.78 is 7.00. The molecule has 5 nitrogen and oxygen atoms in total. The van der Waals surface area contributed by atoms with Gasteiger partial charge in [0.2, 0.25) is 0 Å². The lowest BCUT2D eigenvalue weighted by Gasteiger charge is -2.03. The molecule has 3 aromatic rings. The van der Waals surface area contributed by atoms with Gasteiger partial charge in [0, 0.05) is 22.2 Å². The average Bonchev–Trinajstić information content (AvgIpc) is 2.93. The largest absolute Gasteiger partial charge is 0.497 e. The number of benzene rings is 1. The predicted molar refractivity (Wildman–Crippen MR) is 98.9 cm³/mol. The number of rotatable bonds is 3. The SMILES string of the molecule is COc1ccc(Cn2cc3c4c([nH]c(=O)c3n2)=CC(C)C=CC=4)cc1. The van der Waals surface area contributed by atoms with E-state index in [0.29, 0.717) is 12.1 Å². The van der Waals surface area contributed by atoms with Crippen molar-refractivity contribution < 1.29 is 4.74 Å². The van der Waals surface area contributed by atoms with Crippen molar-refractivity contribution in [2.45, 2.75) is 13.5 Å². The van der Waals surface area contributed by atoms with Crippen molar-refractivity contribution in [1.29, 1.82) is 0 Å². The van der Waals surface area contributed by atoms with Gasteiger partial charge in [0.15, 0.2) is 5.52 Å². The molecule has 1 aromatic carbocycles. The van der Waals surface area contributed by atoms with Gasteiger partial charge < -0.3 is 9.72 Å². The summed E-state index contributed by atoms with van der Waals surface area (Å²) in [6.45, 7) is 2.69. The summed E-state index contributed by atoms with van der Waals surface area (Å²) in [4.78, 5) is 15.4. The minimum Gasteiger partial charge on any atom is -0.497 e. The van der Waals surface area contributed by atoms with E-state index in [1.807, 2.05) is 47.3 Å². The number of nitrogens with one attached hydrogen (secondary N) is 1. The maximum Gasteiger partial charge on any atom is 0.276 e. The topological polar surface area (TPSA) is 59.9 Å². The van der Waals surface area contributed by atoms with Crippen LogP contribution in [0.15, 0.2) is 47.4 Å². The Hall–Kier alpha value is -3.08. The molecule has 0 radical (unpaired) electrons. The Morgan fingerprint density at radius 1 is 1.28 bits per heavy atom. The fourth-order valence-corrected chi connectivity index (χ4v) is 3.14. The predicted octanol–water partition coefficient (Wildman–Crippen LogP) is 1.55. The van der Waals surface area contributed by atoms with Gasteiger partial charge in [-0.1, -0.05) is 43.4 Å². The maximum atomic E-state index is 12.4.